The summed E-state index contributed by atoms with van der Waals surface area (Å²) < 4.78 is 13.8. The molecule has 0 radical (unpaired) electrons. The minimum absolute atomic E-state index is 0.0693. The number of aromatic nitrogens is 1. The second-order valence-corrected chi connectivity index (χ2v) is 5.50. The van der Waals surface area contributed by atoms with Crippen LogP contribution in [0.25, 0.3) is 10.9 Å². The summed E-state index contributed by atoms with van der Waals surface area (Å²) in [6.45, 7) is 5.76. The Kier molecular flexibility index (Phi) is 3.31. The second kappa shape index (κ2) is 4.68. The minimum Gasteiger partial charge on any atom is -0.308 e. The molecule has 0 amide bonds. The number of hydrogen-bond acceptors (Lipinski definition) is 5. The molecule has 1 aromatic carbocycles. The van der Waals surface area contributed by atoms with Gasteiger partial charge in [0.2, 0.25) is 0 Å². The fraction of sp³-hybridized carbons (Fsp3) is 0.308. The summed E-state index contributed by atoms with van der Waals surface area (Å²) in [6.07, 6.45) is 0. The van der Waals surface area contributed by atoms with Gasteiger partial charge in [-0.15, -0.1) is 0 Å². The molecular formula is C13H15FN4O2. The number of nitro benzene ring substituents is 1. The molecule has 0 unspecified atom stereocenters. The first-order valence-electron chi connectivity index (χ1n) is 6.00. The van der Waals surface area contributed by atoms with Crippen molar-refractivity contribution in [2.75, 3.05) is 5.43 Å². The monoisotopic (exact) mass is 278 g/mol. The van der Waals surface area contributed by atoms with Crippen LogP contribution < -0.4 is 11.3 Å². The van der Waals surface area contributed by atoms with E-state index in [4.69, 9.17) is 5.84 Å². The lowest BCUT2D eigenvalue weighted by Gasteiger charge is -2.22. The highest BCUT2D eigenvalue weighted by Crippen LogP contribution is 2.35. The van der Waals surface area contributed by atoms with Crippen molar-refractivity contribution in [1.82, 2.24) is 4.98 Å². The highest BCUT2D eigenvalue weighted by molar-refractivity contribution is 5.90. The van der Waals surface area contributed by atoms with Crippen molar-refractivity contribution in [3.05, 3.63) is 39.7 Å². The van der Waals surface area contributed by atoms with Gasteiger partial charge in [-0.3, -0.25) is 10.1 Å². The van der Waals surface area contributed by atoms with E-state index in [-0.39, 0.29) is 22.0 Å². The normalized spacial score (nSPS) is 11.7. The Labute approximate surface area is 114 Å². The second-order valence-electron chi connectivity index (χ2n) is 5.50. The number of hydrazine groups is 1. The summed E-state index contributed by atoms with van der Waals surface area (Å²) in [5.41, 5.74) is 2.51. The van der Waals surface area contributed by atoms with Crippen LogP contribution >= 0.6 is 0 Å². The third-order valence-electron chi connectivity index (χ3n) is 3.05. The van der Waals surface area contributed by atoms with Gasteiger partial charge >= 0.3 is 0 Å². The summed E-state index contributed by atoms with van der Waals surface area (Å²) >= 11 is 0. The zero-order chi connectivity index (χ0) is 15.1. The topological polar surface area (TPSA) is 94.1 Å². The van der Waals surface area contributed by atoms with Crippen molar-refractivity contribution in [3.8, 4) is 0 Å². The van der Waals surface area contributed by atoms with Crippen LogP contribution in [0.3, 0.4) is 0 Å². The van der Waals surface area contributed by atoms with Gasteiger partial charge in [0.05, 0.1) is 10.3 Å². The maximum absolute atomic E-state index is 13.8. The molecule has 20 heavy (non-hydrogen) atoms. The van der Waals surface area contributed by atoms with Gasteiger partial charge in [0.15, 0.2) is 0 Å². The number of nitrogens with zero attached hydrogens (tertiary/aromatic N) is 2. The van der Waals surface area contributed by atoms with Crippen LogP contribution in [0, 0.1) is 15.9 Å². The lowest BCUT2D eigenvalue weighted by Crippen LogP contribution is -2.19. The molecule has 7 heteroatoms. The van der Waals surface area contributed by atoms with E-state index in [1.54, 1.807) is 6.07 Å². The quantitative estimate of drug-likeness (QED) is 0.500. The predicted octanol–water partition coefficient (Wildman–Crippen LogP) is 2.87. The molecule has 0 aliphatic rings. The number of non-ortho nitro benzene ring substituents is 1. The molecule has 1 aromatic heterocycles. The number of fused-ring (bicyclic) bond motifs is 1. The van der Waals surface area contributed by atoms with E-state index in [2.05, 4.69) is 10.4 Å². The molecule has 0 spiro atoms. The number of halogens is 1. The highest BCUT2D eigenvalue weighted by Gasteiger charge is 2.24. The van der Waals surface area contributed by atoms with Crippen LogP contribution in [0.1, 0.15) is 26.3 Å². The largest absolute Gasteiger partial charge is 0.308 e. The molecule has 0 atom stereocenters. The lowest BCUT2D eigenvalue weighted by atomic mass is 9.86. The number of anilines is 1. The van der Waals surface area contributed by atoms with Crippen LogP contribution in [-0.4, -0.2) is 9.91 Å². The van der Waals surface area contributed by atoms with Crippen molar-refractivity contribution in [1.29, 1.82) is 0 Å². The minimum atomic E-state index is -0.623. The third kappa shape index (κ3) is 2.27. The lowest BCUT2D eigenvalue weighted by molar-refractivity contribution is -0.383. The zero-order valence-corrected chi connectivity index (χ0v) is 11.4. The fourth-order valence-corrected chi connectivity index (χ4v) is 2.05. The summed E-state index contributed by atoms with van der Waals surface area (Å²) in [5, 5.41) is 11.2. The molecule has 2 aromatic rings. The van der Waals surface area contributed by atoms with E-state index in [0.29, 0.717) is 11.4 Å². The van der Waals surface area contributed by atoms with Gasteiger partial charge in [-0.05, 0) is 17.5 Å². The van der Waals surface area contributed by atoms with Crippen LogP contribution in [0.5, 0.6) is 0 Å². The number of nitrogens with one attached hydrogen (secondary N) is 1. The van der Waals surface area contributed by atoms with E-state index in [9.17, 15) is 14.5 Å². The van der Waals surface area contributed by atoms with E-state index in [1.165, 1.54) is 0 Å². The van der Waals surface area contributed by atoms with Crippen molar-refractivity contribution in [3.63, 3.8) is 0 Å². The van der Waals surface area contributed by atoms with E-state index in [0.717, 1.165) is 12.1 Å². The van der Waals surface area contributed by atoms with Gasteiger partial charge in [-0.1, -0.05) is 20.8 Å². The molecular weight excluding hydrogens is 263 g/mol. The summed E-state index contributed by atoms with van der Waals surface area (Å²) in [5.74, 6) is 5.10. The van der Waals surface area contributed by atoms with E-state index in [1.807, 2.05) is 20.8 Å². The number of nitrogen functional groups attached to an aromatic ring is 1. The van der Waals surface area contributed by atoms with Gasteiger partial charge in [-0.25, -0.2) is 15.2 Å². The first-order chi connectivity index (χ1) is 9.25. The molecule has 106 valence electrons. The maximum Gasteiger partial charge on any atom is 0.278 e. The molecule has 0 saturated heterocycles. The Morgan fingerprint density at radius 2 is 2.05 bits per heavy atom. The van der Waals surface area contributed by atoms with Crippen molar-refractivity contribution in [2.45, 2.75) is 26.2 Å². The standard InChI is InChI=1S/C13H15FN4O2/c1-13(2,3)8-6-7-10(18(19)20)5-4-9(14)11(7)16-12(8)17-15/h4-6H,15H2,1-3H3,(H,16,17). The van der Waals surface area contributed by atoms with E-state index < -0.39 is 10.7 Å². The van der Waals surface area contributed by atoms with Crippen LogP contribution in [0.2, 0.25) is 0 Å². The van der Waals surface area contributed by atoms with Crippen molar-refractivity contribution in [2.24, 2.45) is 5.84 Å². The first kappa shape index (κ1) is 14.1. The predicted molar refractivity (Wildman–Crippen MR) is 74.9 cm³/mol. The van der Waals surface area contributed by atoms with Gasteiger partial charge in [-0.2, -0.15) is 0 Å². The zero-order valence-electron chi connectivity index (χ0n) is 11.4. The van der Waals surface area contributed by atoms with Gasteiger partial charge in [0.25, 0.3) is 5.69 Å². The van der Waals surface area contributed by atoms with E-state index >= 15 is 0 Å². The number of pyridine rings is 1. The molecule has 1 heterocycles. The Hall–Kier alpha value is -2.28. The average Bonchev–Trinajstić information content (AvgIpc) is 2.36. The Balaban J connectivity index is 2.91. The number of rotatable bonds is 2. The summed E-state index contributed by atoms with van der Waals surface area (Å²) in [7, 11) is 0. The number of benzene rings is 1. The maximum atomic E-state index is 13.8. The Morgan fingerprint density at radius 1 is 1.40 bits per heavy atom. The molecule has 0 fully saturated rings. The van der Waals surface area contributed by atoms with Gasteiger partial charge in [0, 0.05) is 11.6 Å². The van der Waals surface area contributed by atoms with Crippen molar-refractivity contribution < 1.29 is 9.31 Å². The fourth-order valence-electron chi connectivity index (χ4n) is 2.05. The molecule has 2 rings (SSSR count). The number of nitrogens with two attached hydrogens (primary N) is 1. The Bertz CT molecular complexity index is 695. The van der Waals surface area contributed by atoms with Gasteiger partial charge < -0.3 is 5.43 Å². The smallest absolute Gasteiger partial charge is 0.278 e. The molecule has 0 bridgehead atoms. The molecule has 0 aliphatic heterocycles. The molecule has 3 N–H and O–H groups in total. The first-order valence-corrected chi connectivity index (χ1v) is 6.00. The highest BCUT2D eigenvalue weighted by atomic mass is 19.1. The molecule has 0 aliphatic carbocycles. The van der Waals surface area contributed by atoms with Crippen LogP contribution in [-0.2, 0) is 5.41 Å². The SMILES string of the molecule is CC(C)(C)c1cc2c([N+](=O)[O-])ccc(F)c2nc1NN. The van der Waals surface area contributed by atoms with Gasteiger partial charge in [0.1, 0.15) is 17.2 Å². The molecule has 0 saturated carbocycles. The summed E-state index contributed by atoms with van der Waals surface area (Å²) in [6, 6.07) is 3.74. The Morgan fingerprint density at radius 3 is 2.55 bits per heavy atom. The summed E-state index contributed by atoms with van der Waals surface area (Å²) in [4.78, 5) is 14.6. The number of nitro groups is 1. The average molecular weight is 278 g/mol. The van der Waals surface area contributed by atoms with Crippen LogP contribution in [0.4, 0.5) is 15.9 Å². The van der Waals surface area contributed by atoms with Crippen molar-refractivity contribution >= 4 is 22.4 Å². The number of hydrogen-bond donors (Lipinski definition) is 2. The third-order valence-corrected chi connectivity index (χ3v) is 3.05. The van der Waals surface area contributed by atoms with Crippen LogP contribution in [0.15, 0.2) is 18.2 Å². The molecule has 6 nitrogen and oxygen atoms in total.